The van der Waals surface area contributed by atoms with Crippen LogP contribution >= 0.6 is 27.3 Å². The zero-order valence-electron chi connectivity index (χ0n) is 13.6. The minimum absolute atomic E-state index is 0.0430. The van der Waals surface area contributed by atoms with Gasteiger partial charge in [0.2, 0.25) is 5.91 Å². The highest BCUT2D eigenvalue weighted by atomic mass is 79.9. The molecule has 1 aliphatic rings. The van der Waals surface area contributed by atoms with Crippen LogP contribution in [-0.4, -0.2) is 47.5 Å². The number of carbonyl (C=O) groups excluding carboxylic acids is 1. The van der Waals surface area contributed by atoms with Crippen LogP contribution in [0, 0.1) is 0 Å². The first-order valence-electron chi connectivity index (χ1n) is 8.00. The number of anilines is 1. The lowest BCUT2D eigenvalue weighted by molar-refractivity contribution is -0.135. The summed E-state index contributed by atoms with van der Waals surface area (Å²) in [5.41, 5.74) is 7.33. The third-order valence-corrected chi connectivity index (χ3v) is 5.95. The number of carbonyl (C=O) groups is 1. The Kier molecular flexibility index (Phi) is 5.53. The molecule has 3 heterocycles. The normalized spacial score (nSPS) is 19.4. The van der Waals surface area contributed by atoms with Gasteiger partial charge in [-0.25, -0.2) is 0 Å². The second-order valence-corrected chi connectivity index (χ2v) is 8.60. The summed E-state index contributed by atoms with van der Waals surface area (Å²) >= 11 is 5.08. The van der Waals surface area contributed by atoms with E-state index in [0.717, 1.165) is 27.4 Å². The predicted molar refractivity (Wildman–Crippen MR) is 101 cm³/mol. The van der Waals surface area contributed by atoms with Gasteiger partial charge in [-0.3, -0.25) is 9.78 Å². The largest absolute Gasteiger partial charge is 0.368 e. The van der Waals surface area contributed by atoms with Gasteiger partial charge in [-0.15, -0.1) is 11.3 Å². The molecule has 0 spiro atoms. The fraction of sp³-hybridized carbons (Fsp3) is 0.412. The fourth-order valence-electron chi connectivity index (χ4n) is 3.05. The Morgan fingerprint density at radius 2 is 2.12 bits per heavy atom. The molecule has 5 nitrogen and oxygen atoms in total. The monoisotopic (exact) mass is 408 g/mol. The summed E-state index contributed by atoms with van der Waals surface area (Å²) in [5.74, 6) is 0.0430. The standard InChI is InChI=1S/C17H21BrN4OS/c1-12-11-21(13-4-6-20-7-5-13)8-9-22(12)17(23)15(19)10-14-2-3-16(18)24-14/h2-7,12,15H,8-11,19H2,1H3. The van der Waals surface area contributed by atoms with Gasteiger partial charge in [-0.1, -0.05) is 0 Å². The molecular formula is C17H21BrN4OS. The number of thiophene rings is 1. The first-order valence-corrected chi connectivity index (χ1v) is 9.61. The highest BCUT2D eigenvalue weighted by Gasteiger charge is 2.30. The van der Waals surface area contributed by atoms with Crippen LogP contribution in [-0.2, 0) is 11.2 Å². The summed E-state index contributed by atoms with van der Waals surface area (Å²) in [6, 6.07) is 7.68. The average Bonchev–Trinajstić information content (AvgIpc) is 3.00. The summed E-state index contributed by atoms with van der Waals surface area (Å²) < 4.78 is 1.07. The van der Waals surface area contributed by atoms with Crippen LogP contribution in [0.25, 0.3) is 0 Å². The molecule has 2 unspecified atom stereocenters. The van der Waals surface area contributed by atoms with Crippen molar-refractivity contribution in [3.05, 3.63) is 45.3 Å². The minimum atomic E-state index is -0.481. The number of aromatic nitrogens is 1. The van der Waals surface area contributed by atoms with Crippen molar-refractivity contribution in [1.82, 2.24) is 9.88 Å². The molecule has 1 aliphatic heterocycles. The molecule has 24 heavy (non-hydrogen) atoms. The van der Waals surface area contributed by atoms with E-state index in [1.165, 1.54) is 0 Å². The van der Waals surface area contributed by atoms with Crippen LogP contribution in [0.4, 0.5) is 5.69 Å². The molecule has 0 radical (unpaired) electrons. The molecule has 0 aliphatic carbocycles. The number of pyridine rings is 1. The fourth-order valence-corrected chi connectivity index (χ4v) is 4.59. The predicted octanol–water partition coefficient (Wildman–Crippen LogP) is 2.51. The van der Waals surface area contributed by atoms with Crippen LogP contribution in [0.3, 0.4) is 0 Å². The molecule has 2 N–H and O–H groups in total. The van der Waals surface area contributed by atoms with Gasteiger partial charge in [0.15, 0.2) is 0 Å². The molecule has 128 valence electrons. The molecule has 0 bridgehead atoms. The molecule has 1 saturated heterocycles. The van der Waals surface area contributed by atoms with Gasteiger partial charge >= 0.3 is 0 Å². The van der Waals surface area contributed by atoms with Crippen molar-refractivity contribution in [1.29, 1.82) is 0 Å². The van der Waals surface area contributed by atoms with Crippen molar-refractivity contribution in [3.8, 4) is 0 Å². The Morgan fingerprint density at radius 3 is 2.75 bits per heavy atom. The number of rotatable bonds is 4. The van der Waals surface area contributed by atoms with E-state index >= 15 is 0 Å². The number of nitrogens with zero attached hydrogens (tertiary/aromatic N) is 3. The van der Waals surface area contributed by atoms with Crippen molar-refractivity contribution in [2.75, 3.05) is 24.5 Å². The second kappa shape index (κ2) is 7.63. The van der Waals surface area contributed by atoms with E-state index < -0.39 is 6.04 Å². The molecule has 0 aromatic carbocycles. The van der Waals surface area contributed by atoms with Gasteiger partial charge in [-0.05, 0) is 47.1 Å². The van der Waals surface area contributed by atoms with Crippen molar-refractivity contribution in [2.24, 2.45) is 5.73 Å². The highest BCUT2D eigenvalue weighted by Crippen LogP contribution is 2.24. The maximum absolute atomic E-state index is 12.7. The molecule has 7 heteroatoms. The van der Waals surface area contributed by atoms with E-state index in [2.05, 4.69) is 32.7 Å². The van der Waals surface area contributed by atoms with Crippen LogP contribution in [0.1, 0.15) is 11.8 Å². The van der Waals surface area contributed by atoms with Crippen LogP contribution in [0.5, 0.6) is 0 Å². The second-order valence-electron chi connectivity index (χ2n) is 6.05. The first-order chi connectivity index (χ1) is 11.5. The molecule has 2 aromatic heterocycles. The van der Waals surface area contributed by atoms with E-state index in [0.29, 0.717) is 13.0 Å². The summed E-state index contributed by atoms with van der Waals surface area (Å²) in [4.78, 5) is 22.1. The quantitative estimate of drug-likeness (QED) is 0.843. The van der Waals surface area contributed by atoms with Crippen molar-refractivity contribution in [3.63, 3.8) is 0 Å². The lowest BCUT2D eigenvalue weighted by Gasteiger charge is -2.41. The summed E-state index contributed by atoms with van der Waals surface area (Å²) in [6.07, 6.45) is 4.19. The van der Waals surface area contributed by atoms with E-state index in [9.17, 15) is 4.79 Å². The van der Waals surface area contributed by atoms with Gasteiger partial charge < -0.3 is 15.5 Å². The van der Waals surface area contributed by atoms with Crippen molar-refractivity contribution in [2.45, 2.75) is 25.4 Å². The Hall–Kier alpha value is -1.44. The van der Waals surface area contributed by atoms with E-state index in [1.807, 2.05) is 29.2 Å². The third-order valence-electron chi connectivity index (χ3n) is 4.31. The molecule has 2 aromatic rings. The van der Waals surface area contributed by atoms with Crippen LogP contribution in [0.15, 0.2) is 40.4 Å². The lowest BCUT2D eigenvalue weighted by atomic mass is 10.1. The molecular weight excluding hydrogens is 388 g/mol. The number of piperazine rings is 1. The topological polar surface area (TPSA) is 62.5 Å². The van der Waals surface area contributed by atoms with Gasteiger partial charge in [0, 0.05) is 55.1 Å². The zero-order valence-corrected chi connectivity index (χ0v) is 16.0. The highest BCUT2D eigenvalue weighted by molar-refractivity contribution is 9.11. The number of hydrogen-bond donors (Lipinski definition) is 1. The number of halogens is 1. The van der Waals surface area contributed by atoms with Crippen LogP contribution < -0.4 is 10.6 Å². The molecule has 1 amide bonds. The van der Waals surface area contributed by atoms with Gasteiger partial charge in [0.05, 0.1) is 9.83 Å². The van der Waals surface area contributed by atoms with Crippen LogP contribution in [0.2, 0.25) is 0 Å². The van der Waals surface area contributed by atoms with E-state index in [-0.39, 0.29) is 11.9 Å². The minimum Gasteiger partial charge on any atom is -0.368 e. The maximum Gasteiger partial charge on any atom is 0.240 e. The number of hydrogen-bond acceptors (Lipinski definition) is 5. The smallest absolute Gasteiger partial charge is 0.240 e. The Bertz CT molecular complexity index is 693. The van der Waals surface area contributed by atoms with Gasteiger partial charge in [0.25, 0.3) is 0 Å². The molecule has 2 atom stereocenters. The average molecular weight is 409 g/mol. The zero-order chi connectivity index (χ0) is 17.1. The SMILES string of the molecule is CC1CN(c2ccncc2)CCN1C(=O)C(N)Cc1ccc(Br)s1. The Labute approximate surface area is 154 Å². The molecule has 0 saturated carbocycles. The summed E-state index contributed by atoms with van der Waals surface area (Å²) in [6.45, 7) is 4.41. The number of nitrogens with two attached hydrogens (primary N) is 1. The first kappa shape index (κ1) is 17.4. The van der Waals surface area contributed by atoms with E-state index in [4.69, 9.17) is 5.73 Å². The maximum atomic E-state index is 12.7. The summed E-state index contributed by atoms with van der Waals surface area (Å²) in [7, 11) is 0. The van der Waals surface area contributed by atoms with Crippen molar-refractivity contribution < 1.29 is 4.79 Å². The summed E-state index contributed by atoms with van der Waals surface area (Å²) in [5, 5.41) is 0. The third kappa shape index (κ3) is 3.96. The van der Waals surface area contributed by atoms with Gasteiger partial charge in [0.1, 0.15) is 0 Å². The lowest BCUT2D eigenvalue weighted by Crippen LogP contribution is -2.58. The van der Waals surface area contributed by atoms with Gasteiger partial charge in [-0.2, -0.15) is 0 Å². The molecule has 1 fully saturated rings. The Morgan fingerprint density at radius 1 is 1.38 bits per heavy atom. The van der Waals surface area contributed by atoms with E-state index in [1.54, 1.807) is 23.7 Å². The molecule has 3 rings (SSSR count). The number of amides is 1. The Balaban J connectivity index is 1.60. The van der Waals surface area contributed by atoms with Crippen molar-refractivity contribution >= 4 is 38.9 Å².